The van der Waals surface area contributed by atoms with Crippen LogP contribution < -0.4 is 4.90 Å². The summed E-state index contributed by atoms with van der Waals surface area (Å²) in [5.41, 5.74) is 0.951. The molecule has 1 spiro atoms. The van der Waals surface area contributed by atoms with E-state index in [0.29, 0.717) is 25.6 Å². The second-order valence-corrected chi connectivity index (χ2v) is 7.99. The quantitative estimate of drug-likeness (QED) is 0.846. The molecule has 2 aliphatic heterocycles. The van der Waals surface area contributed by atoms with Crippen molar-refractivity contribution < 1.29 is 9.59 Å². The fraction of sp³-hybridized carbons (Fsp3) is 0.647. The van der Waals surface area contributed by atoms with Gasteiger partial charge in [0.15, 0.2) is 0 Å². The Balaban J connectivity index is 1.63. The third-order valence-corrected chi connectivity index (χ3v) is 5.87. The van der Waals surface area contributed by atoms with Gasteiger partial charge in [-0.05, 0) is 38.8 Å². The number of hydrogen-bond acceptors (Lipinski definition) is 4. The summed E-state index contributed by atoms with van der Waals surface area (Å²) in [4.78, 5) is 30.8. The molecule has 0 saturated carbocycles. The Kier molecular flexibility index (Phi) is 4.47. The largest absolute Gasteiger partial charge is 0.341 e. The first-order valence-electron chi connectivity index (χ1n) is 8.21. The van der Waals surface area contributed by atoms with Crippen LogP contribution in [0, 0.1) is 5.41 Å². The van der Waals surface area contributed by atoms with Gasteiger partial charge in [-0.3, -0.25) is 14.5 Å². The van der Waals surface area contributed by atoms with Gasteiger partial charge in [0.25, 0.3) is 0 Å². The first-order valence-corrected chi connectivity index (χ1v) is 9.15. The van der Waals surface area contributed by atoms with Gasteiger partial charge in [0.05, 0.1) is 12.2 Å². The van der Waals surface area contributed by atoms with Crippen molar-refractivity contribution in [1.29, 1.82) is 0 Å². The summed E-state index contributed by atoms with van der Waals surface area (Å²) in [6.45, 7) is 6.86. The SMILES string of the molecule is CC(C)N(C)CC(=O)N1CCC2(CC(=O)N(c3ccsc3)C2)C1. The van der Waals surface area contributed by atoms with Crippen LogP contribution in [0.5, 0.6) is 0 Å². The molecule has 2 amide bonds. The van der Waals surface area contributed by atoms with Crippen molar-refractivity contribution in [3.05, 3.63) is 16.8 Å². The van der Waals surface area contributed by atoms with E-state index in [1.54, 1.807) is 11.3 Å². The molecule has 3 heterocycles. The van der Waals surface area contributed by atoms with E-state index in [9.17, 15) is 9.59 Å². The zero-order valence-electron chi connectivity index (χ0n) is 14.1. The number of nitrogens with zero attached hydrogens (tertiary/aromatic N) is 3. The molecule has 1 aromatic heterocycles. The van der Waals surface area contributed by atoms with Crippen LogP contribution in [0.2, 0.25) is 0 Å². The average Bonchev–Trinajstić information content (AvgIpc) is 3.20. The van der Waals surface area contributed by atoms with Gasteiger partial charge in [0.2, 0.25) is 11.8 Å². The van der Waals surface area contributed by atoms with Gasteiger partial charge in [-0.25, -0.2) is 0 Å². The summed E-state index contributed by atoms with van der Waals surface area (Å²) in [7, 11) is 1.98. The van der Waals surface area contributed by atoms with Crippen LogP contribution in [0.25, 0.3) is 0 Å². The second kappa shape index (κ2) is 6.24. The maximum absolute atomic E-state index is 12.5. The van der Waals surface area contributed by atoms with Gasteiger partial charge < -0.3 is 9.80 Å². The maximum atomic E-state index is 12.5. The summed E-state index contributed by atoms with van der Waals surface area (Å²) < 4.78 is 0. The Hall–Kier alpha value is -1.40. The molecule has 0 aliphatic carbocycles. The number of likely N-dealkylation sites (N-methyl/N-ethyl adjacent to an activating group) is 1. The van der Waals surface area contributed by atoms with E-state index in [0.717, 1.165) is 25.2 Å². The lowest BCUT2D eigenvalue weighted by Gasteiger charge is -2.26. The molecule has 23 heavy (non-hydrogen) atoms. The number of likely N-dealkylation sites (tertiary alicyclic amines) is 1. The maximum Gasteiger partial charge on any atom is 0.236 e. The van der Waals surface area contributed by atoms with Gasteiger partial charge in [0, 0.05) is 42.9 Å². The third kappa shape index (κ3) is 3.28. The third-order valence-electron chi connectivity index (χ3n) is 5.20. The highest BCUT2D eigenvalue weighted by atomic mass is 32.1. The summed E-state index contributed by atoms with van der Waals surface area (Å²) in [6, 6.07) is 2.36. The van der Waals surface area contributed by atoms with Crippen molar-refractivity contribution in [2.24, 2.45) is 5.41 Å². The molecule has 2 fully saturated rings. The second-order valence-electron chi connectivity index (χ2n) is 7.21. The first kappa shape index (κ1) is 16.5. The van der Waals surface area contributed by atoms with Crippen LogP contribution in [0.3, 0.4) is 0 Å². The Morgan fingerprint density at radius 2 is 2.22 bits per heavy atom. The van der Waals surface area contributed by atoms with E-state index < -0.39 is 0 Å². The van der Waals surface area contributed by atoms with E-state index in [1.165, 1.54) is 0 Å². The lowest BCUT2D eigenvalue weighted by atomic mass is 9.86. The molecular formula is C17H25N3O2S. The molecule has 3 rings (SSSR count). The molecule has 1 atom stereocenters. The minimum atomic E-state index is -0.0505. The fourth-order valence-electron chi connectivity index (χ4n) is 3.46. The summed E-state index contributed by atoms with van der Waals surface area (Å²) in [5, 5.41) is 4.02. The number of thiophene rings is 1. The Morgan fingerprint density at radius 3 is 2.87 bits per heavy atom. The first-order chi connectivity index (χ1) is 10.9. The fourth-order valence-corrected chi connectivity index (χ4v) is 4.10. The van der Waals surface area contributed by atoms with Gasteiger partial charge in [0.1, 0.15) is 0 Å². The molecule has 2 aliphatic rings. The molecule has 126 valence electrons. The van der Waals surface area contributed by atoms with Crippen molar-refractivity contribution in [2.75, 3.05) is 38.1 Å². The van der Waals surface area contributed by atoms with Crippen LogP contribution in [0.1, 0.15) is 26.7 Å². The lowest BCUT2D eigenvalue weighted by molar-refractivity contribution is -0.132. The summed E-state index contributed by atoms with van der Waals surface area (Å²) in [6.07, 6.45) is 1.49. The minimum Gasteiger partial charge on any atom is -0.341 e. The Morgan fingerprint density at radius 1 is 1.43 bits per heavy atom. The molecule has 2 saturated heterocycles. The molecule has 0 bridgehead atoms. The number of rotatable bonds is 4. The van der Waals surface area contributed by atoms with Gasteiger partial charge in [-0.15, -0.1) is 0 Å². The highest BCUT2D eigenvalue weighted by molar-refractivity contribution is 7.08. The smallest absolute Gasteiger partial charge is 0.236 e. The van der Waals surface area contributed by atoms with Crippen molar-refractivity contribution in [2.45, 2.75) is 32.7 Å². The van der Waals surface area contributed by atoms with Crippen molar-refractivity contribution in [3.63, 3.8) is 0 Å². The number of amides is 2. The van der Waals surface area contributed by atoms with E-state index in [-0.39, 0.29) is 17.2 Å². The van der Waals surface area contributed by atoms with Gasteiger partial charge >= 0.3 is 0 Å². The number of carbonyl (C=O) groups excluding carboxylic acids is 2. The van der Waals surface area contributed by atoms with E-state index in [1.807, 2.05) is 33.7 Å². The van der Waals surface area contributed by atoms with Crippen molar-refractivity contribution in [3.8, 4) is 0 Å². The molecule has 1 unspecified atom stereocenters. The molecular weight excluding hydrogens is 310 g/mol. The number of hydrogen-bond donors (Lipinski definition) is 0. The predicted octanol–water partition coefficient (Wildman–Crippen LogP) is 2.04. The van der Waals surface area contributed by atoms with Crippen molar-refractivity contribution in [1.82, 2.24) is 9.80 Å². The average molecular weight is 335 g/mol. The van der Waals surface area contributed by atoms with Crippen molar-refractivity contribution >= 4 is 28.8 Å². The standard InChI is InChI=1S/C17H25N3O2S/c1-13(2)18(3)9-16(22)19-6-5-17(11-19)8-15(21)20(12-17)14-4-7-23-10-14/h4,7,10,13H,5-6,8-9,11-12H2,1-3H3. The zero-order chi connectivity index (χ0) is 16.6. The van der Waals surface area contributed by atoms with E-state index in [4.69, 9.17) is 0 Å². The van der Waals surface area contributed by atoms with Crippen LogP contribution in [0.4, 0.5) is 5.69 Å². The molecule has 0 N–H and O–H groups in total. The topological polar surface area (TPSA) is 43.9 Å². The zero-order valence-corrected chi connectivity index (χ0v) is 14.9. The Labute approximate surface area is 141 Å². The Bertz CT molecular complexity index is 587. The monoisotopic (exact) mass is 335 g/mol. The molecule has 0 radical (unpaired) electrons. The summed E-state index contributed by atoms with van der Waals surface area (Å²) in [5.74, 6) is 0.372. The number of anilines is 1. The van der Waals surface area contributed by atoms with Crippen LogP contribution in [0.15, 0.2) is 16.8 Å². The van der Waals surface area contributed by atoms with Crippen LogP contribution in [-0.4, -0.2) is 60.9 Å². The lowest BCUT2D eigenvalue weighted by Crippen LogP contribution is -2.41. The van der Waals surface area contributed by atoms with E-state index >= 15 is 0 Å². The highest BCUT2D eigenvalue weighted by Gasteiger charge is 2.48. The molecule has 0 aromatic carbocycles. The van der Waals surface area contributed by atoms with Gasteiger partial charge in [-0.2, -0.15) is 11.3 Å². The predicted molar refractivity (Wildman–Crippen MR) is 92.7 cm³/mol. The van der Waals surface area contributed by atoms with E-state index in [2.05, 4.69) is 18.7 Å². The minimum absolute atomic E-state index is 0.0505. The molecule has 1 aromatic rings. The van der Waals surface area contributed by atoms with Crippen LogP contribution >= 0.6 is 11.3 Å². The highest BCUT2D eigenvalue weighted by Crippen LogP contribution is 2.42. The normalized spacial score (nSPS) is 24.7. The summed E-state index contributed by atoms with van der Waals surface area (Å²) >= 11 is 1.61. The van der Waals surface area contributed by atoms with Gasteiger partial charge in [-0.1, -0.05) is 0 Å². The molecule has 5 nitrogen and oxygen atoms in total. The number of carbonyl (C=O) groups is 2. The molecule has 6 heteroatoms. The van der Waals surface area contributed by atoms with Crippen LogP contribution in [-0.2, 0) is 9.59 Å².